The van der Waals surface area contributed by atoms with E-state index in [2.05, 4.69) is 0 Å². The van der Waals surface area contributed by atoms with Gasteiger partial charge in [0.25, 0.3) is 5.91 Å². The Morgan fingerprint density at radius 2 is 1.88 bits per heavy atom. The Hall–Kier alpha value is -1.15. The molecule has 1 aromatic carbocycles. The average molecular weight is 399 g/mol. The van der Waals surface area contributed by atoms with Crippen molar-refractivity contribution in [2.24, 2.45) is 0 Å². The lowest BCUT2D eigenvalue weighted by Crippen LogP contribution is -2.51. The second-order valence-electron chi connectivity index (χ2n) is 7.16. The lowest BCUT2D eigenvalue weighted by molar-refractivity contribution is -0.0445. The minimum atomic E-state index is -3.67. The molecule has 2 saturated heterocycles. The van der Waals surface area contributed by atoms with E-state index in [1.54, 1.807) is 6.07 Å². The summed E-state index contributed by atoms with van der Waals surface area (Å²) in [6.45, 7) is 2.07. The highest BCUT2D eigenvalue weighted by Crippen LogP contribution is 2.32. The lowest BCUT2D eigenvalue weighted by Gasteiger charge is -2.37. The topological polar surface area (TPSA) is 66.9 Å². The van der Waals surface area contributed by atoms with Gasteiger partial charge >= 0.3 is 0 Å². The molecule has 0 N–H and O–H groups in total. The van der Waals surface area contributed by atoms with Gasteiger partial charge < -0.3 is 9.64 Å². The highest BCUT2D eigenvalue weighted by Gasteiger charge is 2.39. The first kappa shape index (κ1) is 18.2. The van der Waals surface area contributed by atoms with Gasteiger partial charge in [-0.15, -0.1) is 0 Å². The van der Waals surface area contributed by atoms with E-state index >= 15 is 0 Å². The third-order valence-corrected chi connectivity index (χ3v) is 7.98. The summed E-state index contributed by atoms with van der Waals surface area (Å²) in [6.07, 6.45) is 4.77. The van der Waals surface area contributed by atoms with Crippen LogP contribution in [-0.2, 0) is 14.8 Å². The van der Waals surface area contributed by atoms with Gasteiger partial charge in [0.2, 0.25) is 10.0 Å². The molecule has 3 aliphatic rings. The fraction of sp³-hybridized carbons (Fsp3) is 0.611. The van der Waals surface area contributed by atoms with E-state index in [1.807, 2.05) is 4.90 Å². The predicted octanol–water partition coefficient (Wildman–Crippen LogP) is 2.52. The summed E-state index contributed by atoms with van der Waals surface area (Å²) in [6, 6.07) is 4.67. The fourth-order valence-corrected chi connectivity index (χ4v) is 6.26. The van der Waals surface area contributed by atoms with Crippen molar-refractivity contribution in [1.82, 2.24) is 9.21 Å². The molecule has 8 heteroatoms. The molecule has 26 heavy (non-hydrogen) atoms. The van der Waals surface area contributed by atoms with E-state index in [0.29, 0.717) is 31.8 Å². The van der Waals surface area contributed by atoms with Crippen LogP contribution in [0.2, 0.25) is 5.02 Å². The molecule has 0 bridgehead atoms. The van der Waals surface area contributed by atoms with Crippen molar-refractivity contribution >= 4 is 27.5 Å². The molecule has 2 atom stereocenters. The number of morpholine rings is 1. The number of hydrogen-bond donors (Lipinski definition) is 0. The van der Waals surface area contributed by atoms with Crippen LogP contribution in [0.4, 0.5) is 0 Å². The SMILES string of the molecule is O=C(c1ccc(Cl)c(S(=O)(=O)N2CCCC2)c1)N1CCO[C@H]2CCC[C@H]21. The zero-order valence-corrected chi connectivity index (χ0v) is 16.1. The second kappa shape index (κ2) is 7.11. The number of carbonyl (C=O) groups excluding carboxylic acids is 1. The quantitative estimate of drug-likeness (QED) is 0.784. The smallest absolute Gasteiger partial charge is 0.254 e. The zero-order chi connectivity index (χ0) is 18.3. The Morgan fingerprint density at radius 3 is 2.65 bits per heavy atom. The van der Waals surface area contributed by atoms with E-state index < -0.39 is 10.0 Å². The summed E-state index contributed by atoms with van der Waals surface area (Å²) in [5, 5.41) is 0.161. The van der Waals surface area contributed by atoms with E-state index in [1.165, 1.54) is 16.4 Å². The molecule has 142 valence electrons. The van der Waals surface area contributed by atoms with E-state index in [9.17, 15) is 13.2 Å². The molecule has 3 fully saturated rings. The number of carbonyl (C=O) groups is 1. The summed E-state index contributed by atoms with van der Waals surface area (Å²) in [5.74, 6) is -0.139. The van der Waals surface area contributed by atoms with Crippen molar-refractivity contribution < 1.29 is 17.9 Å². The Kier molecular flexibility index (Phi) is 4.98. The molecule has 1 aromatic rings. The predicted molar refractivity (Wildman–Crippen MR) is 97.9 cm³/mol. The Labute approximate surface area is 159 Å². The molecule has 0 aromatic heterocycles. The van der Waals surface area contributed by atoms with Gasteiger partial charge in [-0.05, 0) is 50.3 Å². The maximum Gasteiger partial charge on any atom is 0.254 e. The molecule has 2 heterocycles. The molecule has 1 saturated carbocycles. The van der Waals surface area contributed by atoms with Gasteiger partial charge in [0.15, 0.2) is 0 Å². The van der Waals surface area contributed by atoms with Crippen LogP contribution >= 0.6 is 11.6 Å². The van der Waals surface area contributed by atoms with Crippen LogP contribution in [0.25, 0.3) is 0 Å². The van der Waals surface area contributed by atoms with Gasteiger partial charge in [0.1, 0.15) is 4.90 Å². The van der Waals surface area contributed by atoms with Crippen LogP contribution in [0.1, 0.15) is 42.5 Å². The minimum absolute atomic E-state index is 0.0307. The van der Waals surface area contributed by atoms with Crippen LogP contribution in [0.5, 0.6) is 0 Å². The fourth-order valence-electron chi connectivity index (χ4n) is 4.25. The Morgan fingerprint density at radius 1 is 1.12 bits per heavy atom. The first-order valence-corrected chi connectivity index (χ1v) is 11.0. The maximum absolute atomic E-state index is 13.1. The van der Waals surface area contributed by atoms with Crippen LogP contribution in [0.3, 0.4) is 0 Å². The molecule has 1 amide bonds. The first-order valence-electron chi connectivity index (χ1n) is 9.21. The number of rotatable bonds is 3. The van der Waals surface area contributed by atoms with Gasteiger partial charge in [-0.3, -0.25) is 4.79 Å². The average Bonchev–Trinajstić information content (AvgIpc) is 3.32. The van der Waals surface area contributed by atoms with E-state index in [0.717, 1.165) is 32.1 Å². The number of sulfonamides is 1. The molecule has 0 unspecified atom stereocenters. The van der Waals surface area contributed by atoms with Crippen LogP contribution < -0.4 is 0 Å². The number of fused-ring (bicyclic) bond motifs is 1. The molecule has 2 aliphatic heterocycles. The van der Waals surface area contributed by atoms with Crippen LogP contribution in [-0.4, -0.2) is 61.9 Å². The van der Waals surface area contributed by atoms with E-state index in [-0.39, 0.29) is 28.0 Å². The van der Waals surface area contributed by atoms with Gasteiger partial charge in [0.05, 0.1) is 23.8 Å². The van der Waals surface area contributed by atoms with Crippen molar-refractivity contribution in [1.29, 1.82) is 0 Å². The van der Waals surface area contributed by atoms with Crippen LogP contribution in [0, 0.1) is 0 Å². The second-order valence-corrected chi connectivity index (χ2v) is 9.48. The third-order valence-electron chi connectivity index (χ3n) is 5.60. The minimum Gasteiger partial charge on any atom is -0.374 e. The monoisotopic (exact) mass is 398 g/mol. The molecule has 1 aliphatic carbocycles. The Balaban J connectivity index is 1.64. The number of amides is 1. The molecule has 0 spiro atoms. The standard InChI is InChI=1S/C18H23ClN2O4S/c19-14-7-6-13(12-17(14)26(23,24)20-8-1-2-9-20)18(22)21-10-11-25-16-5-3-4-15(16)21/h6-7,12,15-16H,1-5,8-11H2/t15-,16+/m1/s1. The molecule has 4 rings (SSSR count). The van der Waals surface area contributed by atoms with Gasteiger partial charge in [-0.1, -0.05) is 11.6 Å². The van der Waals surface area contributed by atoms with Crippen molar-refractivity contribution in [2.75, 3.05) is 26.2 Å². The summed E-state index contributed by atoms with van der Waals surface area (Å²) >= 11 is 6.19. The normalized spacial score (nSPS) is 26.9. The maximum atomic E-state index is 13.1. The van der Waals surface area contributed by atoms with Gasteiger partial charge in [-0.2, -0.15) is 4.31 Å². The van der Waals surface area contributed by atoms with Crippen molar-refractivity contribution in [2.45, 2.75) is 49.1 Å². The number of halogens is 1. The summed E-state index contributed by atoms with van der Waals surface area (Å²) in [5.41, 5.74) is 0.375. The molecule has 6 nitrogen and oxygen atoms in total. The summed E-state index contributed by atoms with van der Waals surface area (Å²) in [4.78, 5) is 14.9. The van der Waals surface area contributed by atoms with Crippen molar-refractivity contribution in [3.63, 3.8) is 0 Å². The zero-order valence-electron chi connectivity index (χ0n) is 14.6. The van der Waals surface area contributed by atoms with Crippen molar-refractivity contribution in [3.05, 3.63) is 28.8 Å². The van der Waals surface area contributed by atoms with Crippen LogP contribution in [0.15, 0.2) is 23.1 Å². The molecular formula is C18H23ClN2O4S. The number of ether oxygens (including phenoxy) is 1. The molecular weight excluding hydrogens is 376 g/mol. The molecule has 0 radical (unpaired) electrons. The van der Waals surface area contributed by atoms with Crippen molar-refractivity contribution in [3.8, 4) is 0 Å². The highest BCUT2D eigenvalue weighted by atomic mass is 35.5. The van der Waals surface area contributed by atoms with E-state index in [4.69, 9.17) is 16.3 Å². The number of hydrogen-bond acceptors (Lipinski definition) is 4. The lowest BCUT2D eigenvalue weighted by atomic mass is 10.1. The Bertz CT molecular complexity index is 807. The third kappa shape index (κ3) is 3.15. The highest BCUT2D eigenvalue weighted by molar-refractivity contribution is 7.89. The largest absolute Gasteiger partial charge is 0.374 e. The number of benzene rings is 1. The van der Waals surface area contributed by atoms with Gasteiger partial charge in [-0.25, -0.2) is 8.42 Å². The van der Waals surface area contributed by atoms with Gasteiger partial charge in [0, 0.05) is 25.2 Å². The summed E-state index contributed by atoms with van der Waals surface area (Å²) in [7, 11) is -3.67. The first-order chi connectivity index (χ1) is 12.5. The number of nitrogens with zero attached hydrogens (tertiary/aromatic N) is 2. The summed E-state index contributed by atoms with van der Waals surface area (Å²) < 4.78 is 33.0.